The Balaban J connectivity index is 2.00. The molecule has 12 heteroatoms. The Hall–Kier alpha value is -2.86. The van der Waals surface area contributed by atoms with Gasteiger partial charge in [-0.1, -0.05) is 0 Å². The molecule has 0 bridgehead atoms. The summed E-state index contributed by atoms with van der Waals surface area (Å²) in [6, 6.07) is 5.17. The summed E-state index contributed by atoms with van der Waals surface area (Å²) in [5.41, 5.74) is -0.760. The molecule has 1 aliphatic heterocycles. The zero-order chi connectivity index (χ0) is 23.4. The van der Waals surface area contributed by atoms with E-state index in [2.05, 4.69) is 10.6 Å². The van der Waals surface area contributed by atoms with Crippen molar-refractivity contribution < 1.29 is 32.3 Å². The number of piperazine rings is 1. The van der Waals surface area contributed by atoms with E-state index in [0.29, 0.717) is 17.1 Å². The van der Waals surface area contributed by atoms with Crippen molar-refractivity contribution in [1.29, 1.82) is 0 Å². The van der Waals surface area contributed by atoms with E-state index in [0.717, 1.165) is 10.6 Å². The number of nitrogens with zero attached hydrogens (tertiary/aromatic N) is 2. The molecular formula is C19H28N4O7S. The number of rotatable bonds is 8. The van der Waals surface area contributed by atoms with Gasteiger partial charge in [0.25, 0.3) is 0 Å². The molecule has 3 amide bonds. The van der Waals surface area contributed by atoms with Crippen LogP contribution in [0, 0.1) is 0 Å². The molecular weight excluding hydrogens is 428 g/mol. The number of sulfonamides is 1. The molecule has 0 radical (unpaired) electrons. The Bertz CT molecular complexity index is 966. The number of carbonyl (C=O) groups is 3. The van der Waals surface area contributed by atoms with Crippen LogP contribution in [0.1, 0.15) is 12.5 Å². The van der Waals surface area contributed by atoms with Crippen LogP contribution in [0.4, 0.5) is 0 Å². The lowest BCUT2D eigenvalue weighted by Gasteiger charge is -2.44. The quantitative estimate of drug-likeness (QED) is 0.509. The lowest BCUT2D eigenvalue weighted by molar-refractivity contribution is -0.150. The molecule has 1 aliphatic rings. The van der Waals surface area contributed by atoms with Crippen LogP contribution in [0.3, 0.4) is 0 Å². The molecule has 0 saturated carbocycles. The average molecular weight is 457 g/mol. The van der Waals surface area contributed by atoms with Gasteiger partial charge in [-0.15, -0.1) is 0 Å². The molecule has 1 heterocycles. The van der Waals surface area contributed by atoms with Gasteiger partial charge in [0.2, 0.25) is 27.7 Å². The number of nitrogens with one attached hydrogen (secondary N) is 2. The lowest BCUT2D eigenvalue weighted by atomic mass is 9.96. The molecule has 1 saturated heterocycles. The summed E-state index contributed by atoms with van der Waals surface area (Å²) in [5.74, 6) is -0.436. The Morgan fingerprint density at radius 3 is 2.45 bits per heavy atom. The number of carbonyl (C=O) groups excluding carboxylic acids is 3. The number of likely N-dealkylation sites (N-methyl/N-ethyl adjacent to an activating group) is 1. The second-order valence-electron chi connectivity index (χ2n) is 7.39. The SMILES string of the molecule is COc1ccc(OC)c(CNC(=O)CNC(=O)[C@@]2(C)CN(S(C)(=O)=O)CC(=O)N2C)c1. The topological polar surface area (TPSA) is 134 Å². The van der Waals surface area contributed by atoms with E-state index in [-0.39, 0.29) is 26.2 Å². The summed E-state index contributed by atoms with van der Waals surface area (Å²) < 4.78 is 35.1. The van der Waals surface area contributed by atoms with Crippen LogP contribution in [-0.4, -0.2) is 88.0 Å². The zero-order valence-corrected chi connectivity index (χ0v) is 19.0. The first-order valence-electron chi connectivity index (χ1n) is 9.40. The van der Waals surface area contributed by atoms with Gasteiger partial charge in [0.05, 0.1) is 33.6 Å². The zero-order valence-electron chi connectivity index (χ0n) is 18.2. The molecule has 0 unspecified atom stereocenters. The highest BCUT2D eigenvalue weighted by molar-refractivity contribution is 7.88. The monoisotopic (exact) mass is 456 g/mol. The lowest BCUT2D eigenvalue weighted by Crippen LogP contribution is -2.68. The summed E-state index contributed by atoms with van der Waals surface area (Å²) >= 11 is 0. The van der Waals surface area contributed by atoms with Crippen molar-refractivity contribution in [2.45, 2.75) is 19.0 Å². The van der Waals surface area contributed by atoms with E-state index in [9.17, 15) is 22.8 Å². The normalized spacial score (nSPS) is 19.6. The third-order valence-corrected chi connectivity index (χ3v) is 6.44. The molecule has 0 aromatic heterocycles. The van der Waals surface area contributed by atoms with Gasteiger partial charge in [-0.05, 0) is 25.1 Å². The number of hydrogen-bond donors (Lipinski definition) is 2. The minimum Gasteiger partial charge on any atom is -0.497 e. The highest BCUT2D eigenvalue weighted by atomic mass is 32.2. The molecule has 0 spiro atoms. The van der Waals surface area contributed by atoms with Gasteiger partial charge in [0.15, 0.2) is 0 Å². The van der Waals surface area contributed by atoms with Crippen molar-refractivity contribution in [1.82, 2.24) is 19.8 Å². The van der Waals surface area contributed by atoms with Crippen LogP contribution in [-0.2, 0) is 31.0 Å². The summed E-state index contributed by atoms with van der Waals surface area (Å²) in [5, 5.41) is 5.15. The Morgan fingerprint density at radius 2 is 1.87 bits per heavy atom. The van der Waals surface area contributed by atoms with Crippen LogP contribution in [0.25, 0.3) is 0 Å². The molecule has 1 atom stereocenters. The van der Waals surface area contributed by atoms with E-state index in [1.807, 2.05) is 0 Å². The summed E-state index contributed by atoms with van der Waals surface area (Å²) in [4.78, 5) is 38.4. The van der Waals surface area contributed by atoms with Gasteiger partial charge in [0.1, 0.15) is 17.0 Å². The third kappa shape index (κ3) is 5.64. The second kappa shape index (κ2) is 9.52. The number of methoxy groups -OCH3 is 2. The van der Waals surface area contributed by atoms with Crippen LogP contribution >= 0.6 is 0 Å². The Morgan fingerprint density at radius 1 is 1.19 bits per heavy atom. The van der Waals surface area contributed by atoms with Gasteiger partial charge in [-0.3, -0.25) is 14.4 Å². The molecule has 31 heavy (non-hydrogen) atoms. The highest BCUT2D eigenvalue weighted by Gasteiger charge is 2.47. The maximum absolute atomic E-state index is 12.8. The van der Waals surface area contributed by atoms with Crippen molar-refractivity contribution in [3.63, 3.8) is 0 Å². The number of ether oxygens (including phenoxy) is 2. The molecule has 1 aromatic carbocycles. The molecule has 1 aromatic rings. The van der Waals surface area contributed by atoms with E-state index in [1.54, 1.807) is 18.2 Å². The number of benzene rings is 1. The molecule has 2 rings (SSSR count). The van der Waals surface area contributed by atoms with Crippen LogP contribution in [0.5, 0.6) is 11.5 Å². The highest BCUT2D eigenvalue weighted by Crippen LogP contribution is 2.24. The minimum absolute atomic E-state index is 0.145. The van der Waals surface area contributed by atoms with Crippen LogP contribution in [0.2, 0.25) is 0 Å². The molecule has 1 fully saturated rings. The predicted octanol–water partition coefficient (Wildman–Crippen LogP) is -1.07. The van der Waals surface area contributed by atoms with E-state index in [1.165, 1.54) is 33.1 Å². The average Bonchev–Trinajstić information content (AvgIpc) is 2.72. The third-order valence-electron chi connectivity index (χ3n) is 5.24. The summed E-state index contributed by atoms with van der Waals surface area (Å²) in [6.45, 7) is 0.717. The van der Waals surface area contributed by atoms with E-state index >= 15 is 0 Å². The smallest absolute Gasteiger partial charge is 0.247 e. The maximum atomic E-state index is 12.8. The van der Waals surface area contributed by atoms with Crippen molar-refractivity contribution in [3.8, 4) is 11.5 Å². The van der Waals surface area contributed by atoms with Crippen LogP contribution in [0.15, 0.2) is 18.2 Å². The molecule has 2 N–H and O–H groups in total. The fourth-order valence-electron chi connectivity index (χ4n) is 3.12. The van der Waals surface area contributed by atoms with Gasteiger partial charge in [0, 0.05) is 25.7 Å². The maximum Gasteiger partial charge on any atom is 0.247 e. The Labute approximate surface area is 181 Å². The molecule has 11 nitrogen and oxygen atoms in total. The Kier molecular flexibility index (Phi) is 7.49. The van der Waals surface area contributed by atoms with Crippen LogP contribution < -0.4 is 20.1 Å². The van der Waals surface area contributed by atoms with Crippen molar-refractivity contribution in [2.75, 3.05) is 47.2 Å². The van der Waals surface area contributed by atoms with E-state index < -0.39 is 33.3 Å². The van der Waals surface area contributed by atoms with Gasteiger partial charge in [-0.2, -0.15) is 4.31 Å². The predicted molar refractivity (Wildman–Crippen MR) is 112 cm³/mol. The fourth-order valence-corrected chi connectivity index (χ4v) is 3.95. The van der Waals surface area contributed by atoms with Crippen molar-refractivity contribution >= 4 is 27.7 Å². The second-order valence-corrected chi connectivity index (χ2v) is 9.38. The van der Waals surface area contributed by atoms with Crippen molar-refractivity contribution in [3.05, 3.63) is 23.8 Å². The number of hydrogen-bond acceptors (Lipinski definition) is 7. The van der Waals surface area contributed by atoms with E-state index in [4.69, 9.17) is 9.47 Å². The summed E-state index contributed by atoms with van der Waals surface area (Å²) in [6.07, 6.45) is 0.976. The standard InChI is InChI=1S/C19H28N4O7S/c1-19(12-23(31(5,27)28)11-17(25)22(19)2)18(26)21-10-16(24)20-9-13-8-14(29-3)6-7-15(13)30-4/h6-8H,9-12H2,1-5H3,(H,20,24)(H,21,26)/t19-/m1/s1. The minimum atomic E-state index is -3.67. The van der Waals surface area contributed by atoms with Crippen molar-refractivity contribution in [2.24, 2.45) is 0 Å². The number of amides is 3. The first kappa shape index (κ1) is 24.4. The first-order chi connectivity index (χ1) is 14.4. The van der Waals surface area contributed by atoms with Gasteiger partial charge >= 0.3 is 0 Å². The summed E-state index contributed by atoms with van der Waals surface area (Å²) in [7, 11) is 0.798. The first-order valence-corrected chi connectivity index (χ1v) is 11.2. The van der Waals surface area contributed by atoms with Gasteiger partial charge in [-0.25, -0.2) is 8.42 Å². The molecule has 172 valence electrons. The fraction of sp³-hybridized carbons (Fsp3) is 0.526. The molecule has 0 aliphatic carbocycles. The van der Waals surface area contributed by atoms with Gasteiger partial charge < -0.3 is 25.0 Å². The largest absolute Gasteiger partial charge is 0.497 e.